The molecule has 0 atom stereocenters. The van der Waals surface area contributed by atoms with Gasteiger partial charge in [0.25, 0.3) is 0 Å². The molecular formula is C10H9BrO3. The SMILES string of the molecule is O=C(O)c1cc(OC2CC2)ccc1Br. The van der Waals surface area contributed by atoms with Gasteiger partial charge in [-0.05, 0) is 47.0 Å². The second kappa shape index (κ2) is 3.61. The van der Waals surface area contributed by atoms with E-state index < -0.39 is 5.97 Å². The van der Waals surface area contributed by atoms with Crippen molar-refractivity contribution in [1.82, 2.24) is 0 Å². The van der Waals surface area contributed by atoms with Gasteiger partial charge in [0.05, 0.1) is 11.7 Å². The van der Waals surface area contributed by atoms with Crippen molar-refractivity contribution in [2.75, 3.05) is 0 Å². The number of benzene rings is 1. The minimum Gasteiger partial charge on any atom is -0.490 e. The molecule has 1 aromatic carbocycles. The van der Waals surface area contributed by atoms with Gasteiger partial charge in [-0.25, -0.2) is 4.79 Å². The molecule has 0 unspecified atom stereocenters. The molecule has 0 aliphatic heterocycles. The Morgan fingerprint density at radius 3 is 2.79 bits per heavy atom. The van der Waals surface area contributed by atoms with Gasteiger partial charge < -0.3 is 9.84 Å². The van der Waals surface area contributed by atoms with Gasteiger partial charge in [0.1, 0.15) is 5.75 Å². The summed E-state index contributed by atoms with van der Waals surface area (Å²) in [7, 11) is 0. The van der Waals surface area contributed by atoms with Crippen molar-refractivity contribution in [3.05, 3.63) is 28.2 Å². The summed E-state index contributed by atoms with van der Waals surface area (Å²) in [6.07, 6.45) is 2.43. The highest BCUT2D eigenvalue weighted by Crippen LogP contribution is 2.29. The topological polar surface area (TPSA) is 46.5 Å². The molecule has 14 heavy (non-hydrogen) atoms. The fraction of sp³-hybridized carbons (Fsp3) is 0.300. The molecular weight excluding hydrogens is 248 g/mol. The fourth-order valence-corrected chi connectivity index (χ4v) is 1.54. The Morgan fingerprint density at radius 1 is 1.50 bits per heavy atom. The average Bonchev–Trinajstić information content (AvgIpc) is 2.92. The molecule has 0 bridgehead atoms. The minimum atomic E-state index is -0.946. The highest BCUT2D eigenvalue weighted by Gasteiger charge is 2.24. The van der Waals surface area contributed by atoms with E-state index in [-0.39, 0.29) is 11.7 Å². The first-order valence-corrected chi connectivity index (χ1v) is 5.15. The Labute approximate surface area is 89.8 Å². The summed E-state index contributed by atoms with van der Waals surface area (Å²) in [4.78, 5) is 10.8. The molecule has 74 valence electrons. The van der Waals surface area contributed by atoms with Crippen molar-refractivity contribution in [1.29, 1.82) is 0 Å². The lowest BCUT2D eigenvalue weighted by Crippen LogP contribution is -2.01. The maximum atomic E-state index is 10.8. The summed E-state index contributed by atoms with van der Waals surface area (Å²) in [5, 5.41) is 8.85. The summed E-state index contributed by atoms with van der Waals surface area (Å²) in [5.41, 5.74) is 0.239. The van der Waals surface area contributed by atoms with Crippen LogP contribution in [0, 0.1) is 0 Å². The smallest absolute Gasteiger partial charge is 0.336 e. The number of ether oxygens (including phenoxy) is 1. The van der Waals surface area contributed by atoms with Crippen LogP contribution in [0.25, 0.3) is 0 Å². The molecule has 1 aliphatic rings. The molecule has 0 saturated heterocycles. The second-order valence-electron chi connectivity index (χ2n) is 3.26. The highest BCUT2D eigenvalue weighted by atomic mass is 79.9. The van der Waals surface area contributed by atoms with Crippen LogP contribution in [-0.4, -0.2) is 17.2 Å². The number of carboxylic acids is 1. The van der Waals surface area contributed by atoms with E-state index in [4.69, 9.17) is 9.84 Å². The second-order valence-corrected chi connectivity index (χ2v) is 4.12. The zero-order valence-corrected chi connectivity index (χ0v) is 8.95. The summed E-state index contributed by atoms with van der Waals surface area (Å²) < 4.78 is 6.06. The Balaban J connectivity index is 2.24. The van der Waals surface area contributed by atoms with Crippen LogP contribution in [0.5, 0.6) is 5.75 Å². The predicted octanol–water partition coefficient (Wildman–Crippen LogP) is 2.69. The molecule has 0 amide bonds. The molecule has 0 radical (unpaired) electrons. The Kier molecular flexibility index (Phi) is 2.46. The molecule has 1 aliphatic carbocycles. The number of hydrogen-bond acceptors (Lipinski definition) is 2. The first-order valence-electron chi connectivity index (χ1n) is 4.36. The molecule has 3 nitrogen and oxygen atoms in total. The Hall–Kier alpha value is -1.03. The summed E-state index contributed by atoms with van der Waals surface area (Å²) in [5.74, 6) is -0.314. The zero-order valence-electron chi connectivity index (χ0n) is 7.37. The van der Waals surface area contributed by atoms with Crippen LogP contribution in [0.15, 0.2) is 22.7 Å². The monoisotopic (exact) mass is 256 g/mol. The van der Waals surface area contributed by atoms with Gasteiger partial charge >= 0.3 is 5.97 Å². The molecule has 4 heteroatoms. The van der Waals surface area contributed by atoms with Crippen molar-refractivity contribution < 1.29 is 14.6 Å². The molecule has 1 fully saturated rings. The van der Waals surface area contributed by atoms with Crippen LogP contribution in [0.2, 0.25) is 0 Å². The normalized spacial score (nSPS) is 15.2. The van der Waals surface area contributed by atoms with Crippen LogP contribution in [0.4, 0.5) is 0 Å². The van der Waals surface area contributed by atoms with Gasteiger partial charge in [-0.1, -0.05) is 0 Å². The number of halogens is 1. The van der Waals surface area contributed by atoms with Crippen molar-refractivity contribution in [2.45, 2.75) is 18.9 Å². The lowest BCUT2D eigenvalue weighted by atomic mass is 10.2. The molecule has 0 spiro atoms. The number of carboxylic acid groups (broad SMARTS) is 1. The fourth-order valence-electron chi connectivity index (χ4n) is 1.12. The number of rotatable bonds is 3. The summed E-state index contributed by atoms with van der Waals surface area (Å²) in [6, 6.07) is 5.01. The number of carbonyl (C=O) groups is 1. The number of aromatic carboxylic acids is 1. The van der Waals surface area contributed by atoms with Gasteiger partial charge in [-0.3, -0.25) is 0 Å². The van der Waals surface area contributed by atoms with Gasteiger partial charge in [0.2, 0.25) is 0 Å². The van der Waals surface area contributed by atoms with Crippen molar-refractivity contribution in [2.24, 2.45) is 0 Å². The van der Waals surface area contributed by atoms with Crippen LogP contribution < -0.4 is 4.74 Å². The van der Waals surface area contributed by atoms with Gasteiger partial charge in [0.15, 0.2) is 0 Å². The maximum absolute atomic E-state index is 10.8. The lowest BCUT2D eigenvalue weighted by molar-refractivity contribution is 0.0695. The molecule has 0 heterocycles. The molecule has 1 aromatic rings. The van der Waals surface area contributed by atoms with Crippen molar-refractivity contribution >= 4 is 21.9 Å². The molecule has 0 aromatic heterocycles. The van der Waals surface area contributed by atoms with E-state index >= 15 is 0 Å². The summed E-state index contributed by atoms with van der Waals surface area (Å²) in [6.45, 7) is 0. The first kappa shape index (κ1) is 9.52. The predicted molar refractivity (Wildman–Crippen MR) is 54.8 cm³/mol. The maximum Gasteiger partial charge on any atom is 0.336 e. The average molecular weight is 257 g/mol. The zero-order chi connectivity index (χ0) is 10.1. The van der Waals surface area contributed by atoms with Crippen molar-refractivity contribution in [3.63, 3.8) is 0 Å². The van der Waals surface area contributed by atoms with Gasteiger partial charge in [0, 0.05) is 4.47 Å². The van der Waals surface area contributed by atoms with Crippen LogP contribution in [0.1, 0.15) is 23.2 Å². The third-order valence-electron chi connectivity index (χ3n) is 2.00. The van der Waals surface area contributed by atoms with E-state index in [1.807, 2.05) is 0 Å². The van der Waals surface area contributed by atoms with E-state index in [2.05, 4.69) is 15.9 Å². The molecule has 2 rings (SSSR count). The van der Waals surface area contributed by atoms with Gasteiger partial charge in [-0.2, -0.15) is 0 Å². The van der Waals surface area contributed by atoms with E-state index in [1.54, 1.807) is 18.2 Å². The van der Waals surface area contributed by atoms with E-state index in [9.17, 15) is 4.79 Å². The third kappa shape index (κ3) is 2.07. The Morgan fingerprint density at radius 2 is 2.21 bits per heavy atom. The Bertz CT molecular complexity index is 372. The quantitative estimate of drug-likeness (QED) is 0.905. The van der Waals surface area contributed by atoms with Crippen LogP contribution in [-0.2, 0) is 0 Å². The lowest BCUT2D eigenvalue weighted by Gasteiger charge is -2.05. The van der Waals surface area contributed by atoms with Crippen LogP contribution >= 0.6 is 15.9 Å². The number of hydrogen-bond donors (Lipinski definition) is 1. The largest absolute Gasteiger partial charge is 0.490 e. The third-order valence-corrected chi connectivity index (χ3v) is 2.69. The first-order chi connectivity index (χ1) is 6.66. The van der Waals surface area contributed by atoms with E-state index in [1.165, 1.54) is 0 Å². The molecule has 1 saturated carbocycles. The van der Waals surface area contributed by atoms with Crippen molar-refractivity contribution in [3.8, 4) is 5.75 Å². The standard InChI is InChI=1S/C10H9BrO3/c11-9-4-3-7(14-6-1-2-6)5-8(9)10(12)13/h3-6H,1-2H2,(H,12,13). The van der Waals surface area contributed by atoms with Crippen LogP contribution in [0.3, 0.4) is 0 Å². The minimum absolute atomic E-state index is 0.239. The van der Waals surface area contributed by atoms with E-state index in [0.29, 0.717) is 10.2 Å². The van der Waals surface area contributed by atoms with Gasteiger partial charge in [-0.15, -0.1) is 0 Å². The molecule has 1 N–H and O–H groups in total. The highest BCUT2D eigenvalue weighted by molar-refractivity contribution is 9.10. The van der Waals surface area contributed by atoms with E-state index in [0.717, 1.165) is 12.8 Å². The summed E-state index contributed by atoms with van der Waals surface area (Å²) >= 11 is 3.18.